The molecule has 0 aromatic rings. The molecule has 0 aliphatic rings. The van der Waals surface area contributed by atoms with E-state index in [1.54, 1.807) is 11.8 Å². The van der Waals surface area contributed by atoms with Crippen LogP contribution >= 0.6 is 11.8 Å². The molecule has 0 aromatic carbocycles. The Morgan fingerprint density at radius 1 is 1.47 bits per heavy atom. The molecule has 0 rings (SSSR count). The van der Waals surface area contributed by atoms with Gasteiger partial charge in [-0.05, 0) is 20.8 Å². The van der Waals surface area contributed by atoms with Gasteiger partial charge in [0.1, 0.15) is 5.60 Å². The molecule has 1 amide bonds. The zero-order chi connectivity index (χ0) is 11.7. The molecule has 0 atom stereocenters. The number of carbonyl (C=O) groups excluding carboxylic acids is 1. The minimum atomic E-state index is -0.446. The molecule has 4 nitrogen and oxygen atoms in total. The fraction of sp³-hybridized carbons (Fsp3) is 0.800. The van der Waals surface area contributed by atoms with Crippen molar-refractivity contribution >= 4 is 17.9 Å². The van der Waals surface area contributed by atoms with E-state index in [-0.39, 0.29) is 6.09 Å². The summed E-state index contributed by atoms with van der Waals surface area (Å²) < 4.78 is 5.05. The third kappa shape index (κ3) is 11.0. The van der Waals surface area contributed by atoms with E-state index in [1.807, 2.05) is 20.8 Å². The van der Waals surface area contributed by atoms with Crippen molar-refractivity contribution in [3.05, 3.63) is 0 Å². The topological polar surface area (TPSA) is 62.1 Å². The summed E-state index contributed by atoms with van der Waals surface area (Å²) in [5.74, 6) is 1.62. The maximum Gasteiger partial charge on any atom is 0.407 e. The molecule has 0 bridgehead atoms. The summed E-state index contributed by atoms with van der Waals surface area (Å²) in [7, 11) is 0. The lowest BCUT2D eigenvalue weighted by atomic mass is 10.2. The van der Waals surface area contributed by atoms with Crippen LogP contribution in [0, 0.1) is 11.3 Å². The van der Waals surface area contributed by atoms with Crippen LogP contribution in [0.2, 0.25) is 0 Å². The molecule has 0 spiro atoms. The molecule has 0 fully saturated rings. The number of rotatable bonds is 5. The van der Waals surface area contributed by atoms with Gasteiger partial charge < -0.3 is 10.1 Å². The summed E-state index contributed by atoms with van der Waals surface area (Å²) >= 11 is 1.65. The third-order valence-corrected chi connectivity index (χ3v) is 2.26. The Morgan fingerprint density at radius 2 is 2.13 bits per heavy atom. The predicted octanol–water partition coefficient (Wildman–Crippen LogP) is 2.16. The predicted molar refractivity (Wildman–Crippen MR) is 61.8 cm³/mol. The molecular formula is C10H18N2O2S. The molecule has 0 aliphatic carbocycles. The van der Waals surface area contributed by atoms with Crippen LogP contribution in [0.4, 0.5) is 4.79 Å². The molecule has 0 aromatic heterocycles. The van der Waals surface area contributed by atoms with Crippen molar-refractivity contribution in [2.75, 3.05) is 18.1 Å². The maximum absolute atomic E-state index is 11.2. The summed E-state index contributed by atoms with van der Waals surface area (Å²) in [6.07, 6.45) is 0.167. The number of nitriles is 1. The monoisotopic (exact) mass is 230 g/mol. The zero-order valence-corrected chi connectivity index (χ0v) is 10.3. The van der Waals surface area contributed by atoms with E-state index in [1.165, 1.54) is 0 Å². The van der Waals surface area contributed by atoms with Crippen molar-refractivity contribution in [1.82, 2.24) is 5.32 Å². The number of hydrogen-bond donors (Lipinski definition) is 1. The molecule has 5 heteroatoms. The van der Waals surface area contributed by atoms with Crippen molar-refractivity contribution < 1.29 is 9.53 Å². The highest BCUT2D eigenvalue weighted by atomic mass is 32.2. The molecule has 0 aliphatic heterocycles. The van der Waals surface area contributed by atoms with Crippen LogP contribution in [-0.4, -0.2) is 29.7 Å². The van der Waals surface area contributed by atoms with Crippen molar-refractivity contribution in [1.29, 1.82) is 5.26 Å². The summed E-state index contributed by atoms with van der Waals surface area (Å²) in [5.41, 5.74) is -0.446. The third-order valence-electron chi connectivity index (χ3n) is 1.27. The number of hydrogen-bond acceptors (Lipinski definition) is 4. The molecule has 0 unspecified atom stereocenters. The Kier molecular flexibility index (Phi) is 6.97. The van der Waals surface area contributed by atoms with Gasteiger partial charge in [0.25, 0.3) is 0 Å². The van der Waals surface area contributed by atoms with Crippen LogP contribution in [0.15, 0.2) is 0 Å². The van der Waals surface area contributed by atoms with E-state index >= 15 is 0 Å². The Hall–Kier alpha value is -0.890. The fourth-order valence-electron chi connectivity index (χ4n) is 0.759. The average molecular weight is 230 g/mol. The van der Waals surface area contributed by atoms with Gasteiger partial charge in [-0.3, -0.25) is 0 Å². The molecule has 15 heavy (non-hydrogen) atoms. The van der Waals surface area contributed by atoms with Gasteiger partial charge in [-0.2, -0.15) is 17.0 Å². The van der Waals surface area contributed by atoms with Gasteiger partial charge in [-0.25, -0.2) is 4.79 Å². The van der Waals surface area contributed by atoms with Gasteiger partial charge in [0.05, 0.1) is 6.07 Å². The number of alkyl carbamates (subject to hydrolysis) is 1. The number of ether oxygens (including phenoxy) is 1. The minimum absolute atomic E-state index is 0.386. The van der Waals surface area contributed by atoms with Gasteiger partial charge in [0, 0.05) is 24.5 Å². The van der Waals surface area contributed by atoms with Crippen molar-refractivity contribution in [3.63, 3.8) is 0 Å². The van der Waals surface area contributed by atoms with Crippen LogP contribution in [0.1, 0.15) is 27.2 Å². The Labute approximate surface area is 95.4 Å². The standard InChI is InChI=1S/C10H18N2O2S/c1-10(2,3)14-9(13)12-6-8-15-7-4-5-11/h4,6-8H2,1-3H3,(H,12,13). The first-order valence-corrected chi connectivity index (χ1v) is 6.03. The van der Waals surface area contributed by atoms with E-state index in [0.717, 1.165) is 11.5 Å². The van der Waals surface area contributed by atoms with Crippen LogP contribution in [0.3, 0.4) is 0 Å². The number of carbonyl (C=O) groups is 1. The minimum Gasteiger partial charge on any atom is -0.444 e. The first kappa shape index (κ1) is 14.1. The van der Waals surface area contributed by atoms with E-state index in [0.29, 0.717) is 13.0 Å². The fourth-order valence-corrected chi connectivity index (χ4v) is 1.45. The number of nitrogens with one attached hydrogen (secondary N) is 1. The second-order valence-corrected chi connectivity index (χ2v) is 5.17. The summed E-state index contributed by atoms with van der Waals surface area (Å²) in [4.78, 5) is 11.2. The van der Waals surface area contributed by atoms with E-state index in [4.69, 9.17) is 10.00 Å². The maximum atomic E-state index is 11.2. The van der Waals surface area contributed by atoms with Crippen LogP contribution in [0.5, 0.6) is 0 Å². The SMILES string of the molecule is CC(C)(C)OC(=O)NCCSCCC#N. The normalized spacial score (nSPS) is 10.5. The highest BCUT2D eigenvalue weighted by molar-refractivity contribution is 7.99. The highest BCUT2D eigenvalue weighted by Gasteiger charge is 2.15. The summed E-state index contributed by atoms with van der Waals surface area (Å²) in [6, 6.07) is 2.07. The lowest BCUT2D eigenvalue weighted by Gasteiger charge is -2.19. The Balaban J connectivity index is 3.37. The number of amides is 1. The number of nitrogens with zero attached hydrogens (tertiary/aromatic N) is 1. The largest absolute Gasteiger partial charge is 0.444 e. The highest BCUT2D eigenvalue weighted by Crippen LogP contribution is 2.06. The molecule has 0 radical (unpaired) electrons. The average Bonchev–Trinajstić information content (AvgIpc) is 2.08. The van der Waals surface area contributed by atoms with Crippen molar-refractivity contribution in [2.24, 2.45) is 0 Å². The molecule has 0 saturated heterocycles. The van der Waals surface area contributed by atoms with E-state index in [9.17, 15) is 4.79 Å². The van der Waals surface area contributed by atoms with Gasteiger partial charge in [-0.15, -0.1) is 0 Å². The zero-order valence-electron chi connectivity index (χ0n) is 9.50. The quantitative estimate of drug-likeness (QED) is 0.735. The van der Waals surface area contributed by atoms with Crippen molar-refractivity contribution in [2.45, 2.75) is 32.8 Å². The van der Waals surface area contributed by atoms with Crippen molar-refractivity contribution in [3.8, 4) is 6.07 Å². The lowest BCUT2D eigenvalue weighted by Crippen LogP contribution is -2.33. The van der Waals surface area contributed by atoms with E-state index in [2.05, 4.69) is 11.4 Å². The Bertz CT molecular complexity index is 231. The van der Waals surface area contributed by atoms with Crippen LogP contribution in [-0.2, 0) is 4.74 Å². The summed E-state index contributed by atoms with van der Waals surface area (Å²) in [6.45, 7) is 6.06. The van der Waals surface area contributed by atoms with E-state index < -0.39 is 5.60 Å². The molecule has 86 valence electrons. The second-order valence-electron chi connectivity index (χ2n) is 3.95. The molecule has 0 heterocycles. The van der Waals surface area contributed by atoms with Gasteiger partial charge in [0.2, 0.25) is 0 Å². The molecule has 1 N–H and O–H groups in total. The van der Waals surface area contributed by atoms with Gasteiger partial charge >= 0.3 is 6.09 Å². The smallest absolute Gasteiger partial charge is 0.407 e. The molecule has 0 saturated carbocycles. The summed E-state index contributed by atoms with van der Waals surface area (Å²) in [5, 5.41) is 10.9. The lowest BCUT2D eigenvalue weighted by molar-refractivity contribution is 0.0531. The van der Waals surface area contributed by atoms with Crippen LogP contribution in [0.25, 0.3) is 0 Å². The molecular weight excluding hydrogens is 212 g/mol. The number of thioether (sulfide) groups is 1. The second kappa shape index (κ2) is 7.41. The first-order chi connectivity index (χ1) is 6.95. The Morgan fingerprint density at radius 3 is 2.67 bits per heavy atom. The van der Waals surface area contributed by atoms with Gasteiger partial charge in [0.15, 0.2) is 0 Å². The van der Waals surface area contributed by atoms with Gasteiger partial charge in [-0.1, -0.05) is 0 Å². The first-order valence-electron chi connectivity index (χ1n) is 4.87. The van der Waals surface area contributed by atoms with Crippen LogP contribution < -0.4 is 5.32 Å².